The van der Waals surface area contributed by atoms with Gasteiger partial charge >= 0.3 is 0 Å². The minimum atomic E-state index is 0.540. The summed E-state index contributed by atoms with van der Waals surface area (Å²) >= 11 is 0. The molecular formula is C72H72N6. The number of imidazole rings is 4. The average molecular weight is 1020 g/mol. The van der Waals surface area contributed by atoms with Crippen molar-refractivity contribution in [2.45, 2.75) is 180 Å². The maximum absolute atomic E-state index is 6.05. The van der Waals surface area contributed by atoms with Crippen LogP contribution in [0.1, 0.15) is 197 Å². The molecule has 0 amide bonds. The quantitative estimate of drug-likeness (QED) is 0.167. The maximum atomic E-state index is 6.05. The molecule has 0 atom stereocenters. The first-order valence-electron chi connectivity index (χ1n) is 30.8. The first-order valence-corrected chi connectivity index (χ1v) is 30.8. The zero-order valence-electron chi connectivity index (χ0n) is 46.4. The van der Waals surface area contributed by atoms with E-state index in [0.29, 0.717) is 23.7 Å². The Bertz CT molecular complexity index is 4250. The lowest BCUT2D eigenvalue weighted by molar-refractivity contribution is 0.444. The van der Waals surface area contributed by atoms with E-state index in [1.807, 2.05) is 0 Å². The first-order chi connectivity index (χ1) is 38.4. The van der Waals surface area contributed by atoms with Crippen LogP contribution in [0.2, 0.25) is 0 Å². The van der Waals surface area contributed by atoms with Gasteiger partial charge in [-0.05, 0) is 207 Å². The molecule has 6 aromatic heterocycles. The van der Waals surface area contributed by atoms with E-state index in [-0.39, 0.29) is 0 Å². The van der Waals surface area contributed by atoms with Crippen LogP contribution in [0.5, 0.6) is 0 Å². The summed E-state index contributed by atoms with van der Waals surface area (Å²) in [5.74, 6) is 4.31. The van der Waals surface area contributed by atoms with Crippen LogP contribution in [-0.4, -0.2) is 27.6 Å². The molecule has 7 aromatic carbocycles. The Balaban J connectivity index is 1.10. The zero-order valence-corrected chi connectivity index (χ0v) is 46.4. The van der Waals surface area contributed by atoms with Gasteiger partial charge < -0.3 is 0 Å². The summed E-state index contributed by atoms with van der Waals surface area (Å²) in [7, 11) is 0. The van der Waals surface area contributed by atoms with Gasteiger partial charge in [-0.3, -0.25) is 17.6 Å². The second kappa shape index (κ2) is 17.3. The van der Waals surface area contributed by atoms with Gasteiger partial charge in [0.15, 0.2) is 0 Å². The van der Waals surface area contributed by atoms with Crippen molar-refractivity contribution in [2.75, 3.05) is 0 Å². The van der Waals surface area contributed by atoms with E-state index in [4.69, 9.17) is 9.97 Å². The number of aryl methyl sites for hydroxylation is 4. The van der Waals surface area contributed by atoms with Crippen molar-refractivity contribution >= 4 is 88.3 Å². The summed E-state index contributed by atoms with van der Waals surface area (Å²) in [6, 6.07) is 39.4. The molecule has 4 aliphatic rings. The standard InChI is InChI=1S/C72H72N6/c1-41-19-17-20-42(2)61(41)55-37-51(47-27-13-7-14-28-47)39-59-65(55)73-71-75-57-33-31-49(45-23-9-5-10-24-45)35-53(57)64-67(75)69(77(59)71)63-54-36-50(46-25-11-6-12-26-46)32-34-58(54)76-68(63)70(64)78-60-40-52(48-29-15-8-16-30-48)38-56(66(60)74-72(76)78)62-43(3)21-18-22-44(62)4/h17-22,31-40,45-48H,5-16,23-30H2,1-4H3. The van der Waals surface area contributed by atoms with Gasteiger partial charge in [0, 0.05) is 32.7 Å². The number of hydrogen-bond acceptors (Lipinski definition) is 2. The molecule has 0 spiro atoms. The van der Waals surface area contributed by atoms with Gasteiger partial charge in [-0.2, -0.15) is 0 Å². The second-order valence-corrected chi connectivity index (χ2v) is 25.6. The summed E-state index contributed by atoms with van der Waals surface area (Å²) in [4.78, 5) is 12.1. The Morgan fingerprint density at radius 3 is 1.00 bits per heavy atom. The third-order valence-corrected chi connectivity index (χ3v) is 21.1. The topological polar surface area (TPSA) is 43.4 Å². The lowest BCUT2D eigenvalue weighted by atomic mass is 9.82. The fourth-order valence-electron chi connectivity index (χ4n) is 17.3. The third kappa shape index (κ3) is 6.43. The molecule has 78 heavy (non-hydrogen) atoms. The van der Waals surface area contributed by atoms with Gasteiger partial charge in [0.05, 0.1) is 55.2 Å². The van der Waals surface area contributed by atoms with E-state index in [1.54, 1.807) is 0 Å². The normalized spacial score (nSPS) is 18.3. The number of benzene rings is 7. The van der Waals surface area contributed by atoms with Crippen molar-refractivity contribution < 1.29 is 0 Å². The molecular weight excluding hydrogens is 949 g/mol. The molecule has 0 N–H and O–H groups in total. The molecule has 390 valence electrons. The molecule has 4 aliphatic carbocycles. The molecule has 0 radical (unpaired) electrons. The average Bonchev–Trinajstić information content (AvgIpc) is 2.27. The Morgan fingerprint density at radius 1 is 0.333 bits per heavy atom. The van der Waals surface area contributed by atoms with E-state index in [9.17, 15) is 0 Å². The zero-order chi connectivity index (χ0) is 51.7. The van der Waals surface area contributed by atoms with Gasteiger partial charge in [-0.15, -0.1) is 0 Å². The summed E-state index contributed by atoms with van der Waals surface area (Å²) in [6.07, 6.45) is 25.9. The second-order valence-electron chi connectivity index (χ2n) is 25.6. The summed E-state index contributed by atoms with van der Waals surface area (Å²) in [6.45, 7) is 9.23. The number of rotatable bonds is 6. The number of aromatic nitrogens is 6. The molecule has 0 saturated heterocycles. The summed E-state index contributed by atoms with van der Waals surface area (Å²) in [5, 5.41) is 5.42. The Hall–Kier alpha value is -6.92. The van der Waals surface area contributed by atoms with Crippen LogP contribution in [0.4, 0.5) is 0 Å². The molecule has 0 aliphatic heterocycles. The van der Waals surface area contributed by atoms with Crippen molar-refractivity contribution in [1.29, 1.82) is 0 Å². The molecule has 13 aromatic rings. The first kappa shape index (κ1) is 46.0. The highest BCUT2D eigenvalue weighted by Gasteiger charge is 2.35. The van der Waals surface area contributed by atoms with Gasteiger partial charge in [0.1, 0.15) is 0 Å². The van der Waals surface area contributed by atoms with Crippen LogP contribution < -0.4 is 0 Å². The highest BCUT2D eigenvalue weighted by Crippen LogP contribution is 2.52. The number of nitrogens with zero attached hydrogens (tertiary/aromatic N) is 6. The van der Waals surface area contributed by atoms with Gasteiger partial charge in [-0.1, -0.05) is 126 Å². The highest BCUT2D eigenvalue weighted by molar-refractivity contribution is 6.37. The maximum Gasteiger partial charge on any atom is 0.220 e. The molecule has 6 heteroatoms. The fourth-order valence-corrected chi connectivity index (χ4v) is 17.3. The van der Waals surface area contributed by atoms with Crippen LogP contribution >= 0.6 is 0 Å². The van der Waals surface area contributed by atoms with Crippen molar-refractivity contribution in [3.8, 4) is 22.3 Å². The largest absolute Gasteiger partial charge is 0.277 e. The molecule has 6 heterocycles. The summed E-state index contributed by atoms with van der Waals surface area (Å²) in [5.41, 5.74) is 29.0. The van der Waals surface area contributed by atoms with E-state index in [0.717, 1.165) is 22.6 Å². The fraction of sp³-hybridized carbons (Fsp3) is 0.389. The molecule has 4 fully saturated rings. The van der Waals surface area contributed by atoms with Crippen LogP contribution in [0.25, 0.3) is 111 Å². The SMILES string of the molecule is Cc1cccc(C)c1-c1cc(C2CCCCC2)cc2c1nc1n2c2c3c4cc(C5CCCCC5)ccc4n4c3c(c3c5cc(C6CCCCC6)ccc5n1c32)n1c2cc(C3CCCCC3)cc(-c3c(C)cccc3C)c2nc14. The van der Waals surface area contributed by atoms with Crippen molar-refractivity contribution in [1.82, 2.24) is 27.6 Å². The van der Waals surface area contributed by atoms with E-state index < -0.39 is 0 Å². The van der Waals surface area contributed by atoms with Gasteiger partial charge in [0.2, 0.25) is 11.6 Å². The Morgan fingerprint density at radius 2 is 0.654 bits per heavy atom. The van der Waals surface area contributed by atoms with E-state index >= 15 is 0 Å². The predicted molar refractivity (Wildman–Crippen MR) is 326 cm³/mol. The third-order valence-electron chi connectivity index (χ3n) is 21.1. The van der Waals surface area contributed by atoms with Crippen molar-refractivity contribution in [3.63, 3.8) is 0 Å². The van der Waals surface area contributed by atoms with Crippen molar-refractivity contribution in [2.24, 2.45) is 0 Å². The summed E-state index contributed by atoms with van der Waals surface area (Å²) < 4.78 is 10.6. The van der Waals surface area contributed by atoms with Crippen LogP contribution in [-0.2, 0) is 0 Å². The number of hydrogen-bond donors (Lipinski definition) is 0. The van der Waals surface area contributed by atoms with Crippen LogP contribution in [0.15, 0.2) is 97.1 Å². The van der Waals surface area contributed by atoms with Crippen LogP contribution in [0.3, 0.4) is 0 Å². The number of fused-ring (bicyclic) bond motifs is 18. The van der Waals surface area contributed by atoms with Gasteiger partial charge in [-0.25, -0.2) is 9.97 Å². The molecule has 0 unspecified atom stereocenters. The minimum Gasteiger partial charge on any atom is -0.277 e. The van der Waals surface area contributed by atoms with Crippen molar-refractivity contribution in [3.05, 3.63) is 142 Å². The predicted octanol–water partition coefficient (Wildman–Crippen LogP) is 20.0. The van der Waals surface area contributed by atoms with Gasteiger partial charge in [0.25, 0.3) is 0 Å². The van der Waals surface area contributed by atoms with Crippen LogP contribution in [0, 0.1) is 27.7 Å². The Kier molecular flexibility index (Phi) is 10.2. The molecule has 17 rings (SSSR count). The smallest absolute Gasteiger partial charge is 0.220 e. The van der Waals surface area contributed by atoms with E-state index in [2.05, 4.69) is 142 Å². The van der Waals surface area contributed by atoms with E-state index in [1.165, 1.54) is 261 Å². The molecule has 6 nitrogen and oxygen atoms in total. The molecule has 4 saturated carbocycles. The monoisotopic (exact) mass is 1020 g/mol. The highest BCUT2D eigenvalue weighted by atomic mass is 15.2. The Labute approximate surface area is 457 Å². The lowest BCUT2D eigenvalue weighted by Gasteiger charge is -2.23. The minimum absolute atomic E-state index is 0.540. The lowest BCUT2D eigenvalue weighted by Crippen LogP contribution is -2.05. The molecule has 0 bridgehead atoms.